The van der Waals surface area contributed by atoms with Crippen LogP contribution >= 0.6 is 30.4 Å². The Hall–Kier alpha value is 1.52. The summed E-state index contributed by atoms with van der Waals surface area (Å²) in [5.74, 6) is 0. The van der Waals surface area contributed by atoms with Gasteiger partial charge in [-0.2, -0.15) is 0 Å². The summed E-state index contributed by atoms with van der Waals surface area (Å²) in [5.41, 5.74) is 0. The summed E-state index contributed by atoms with van der Waals surface area (Å²) >= 11 is 0. The number of hydrogen-bond acceptors (Lipinski definition) is 7. The van der Waals surface area contributed by atoms with E-state index in [1.54, 1.807) is 0 Å². The Morgan fingerprint density at radius 3 is 1.07 bits per heavy atom. The smallest absolute Gasteiger partial charge is 0.778 e. The molecule has 1 unspecified atom stereocenters. The molecule has 0 saturated carbocycles. The van der Waals surface area contributed by atoms with Crippen LogP contribution in [0.25, 0.3) is 0 Å². The Labute approximate surface area is 190 Å². The standard InChI is InChI=1S/C10H28N2O12P4.Na/c13-25(14,15)7-11(8-26(16,17)18)5-3-1-2-4-6-12(9-27(19,20)21)10-28(22,23)24;/h1-10H2,(H2,13,14,15)(H2,16,17,18)(H2,19,20,21)(H2,22,23,24);/q;+1/p-1. The van der Waals surface area contributed by atoms with Gasteiger partial charge < -0.3 is 43.7 Å². The number of rotatable bonds is 15. The van der Waals surface area contributed by atoms with Gasteiger partial charge in [-0.25, -0.2) is 0 Å². The van der Waals surface area contributed by atoms with Crippen molar-refractivity contribution in [3.63, 3.8) is 0 Å². The van der Waals surface area contributed by atoms with E-state index in [1.807, 2.05) is 0 Å². The van der Waals surface area contributed by atoms with Crippen LogP contribution in [0.15, 0.2) is 0 Å². The molecule has 170 valence electrons. The molecule has 0 aliphatic rings. The summed E-state index contributed by atoms with van der Waals surface area (Å²) in [6.45, 7) is -0.0125. The quantitative estimate of drug-likeness (QED) is 0.0628. The maximum Gasteiger partial charge on any atom is 1.00 e. The molecule has 0 aromatic heterocycles. The molecule has 0 fully saturated rings. The van der Waals surface area contributed by atoms with Gasteiger partial charge in [-0.3, -0.25) is 23.5 Å². The summed E-state index contributed by atoms with van der Waals surface area (Å²) in [5, 5.41) is 0. The molecule has 0 amide bonds. The topological polar surface area (TPSA) is 239 Å². The zero-order chi connectivity index (χ0) is 22.2. The SMILES string of the molecule is O=P([O-])(O)CN(CCCCCCN(CP(=O)(O)O)CP(=O)(O)O)CP(=O)(O)O.[Na+]. The molecule has 0 saturated heterocycles. The molecule has 0 rings (SSSR count). The van der Waals surface area contributed by atoms with Gasteiger partial charge >= 0.3 is 52.3 Å². The fourth-order valence-electron chi connectivity index (χ4n) is 2.43. The van der Waals surface area contributed by atoms with Crippen molar-refractivity contribution in [3.05, 3.63) is 0 Å². The van der Waals surface area contributed by atoms with Crippen molar-refractivity contribution in [2.24, 2.45) is 0 Å². The van der Waals surface area contributed by atoms with Crippen LogP contribution in [0.4, 0.5) is 0 Å². The minimum atomic E-state index is -4.74. The fraction of sp³-hybridized carbons (Fsp3) is 1.00. The Morgan fingerprint density at radius 1 is 0.552 bits per heavy atom. The molecule has 0 heterocycles. The van der Waals surface area contributed by atoms with Gasteiger partial charge in [0, 0.05) is 0 Å². The van der Waals surface area contributed by atoms with Crippen molar-refractivity contribution in [1.82, 2.24) is 9.80 Å². The minimum Gasteiger partial charge on any atom is -0.778 e. The molecule has 0 aliphatic carbocycles. The second-order valence-electron chi connectivity index (χ2n) is 6.40. The van der Waals surface area contributed by atoms with Crippen molar-refractivity contribution in [1.29, 1.82) is 0 Å². The van der Waals surface area contributed by atoms with Gasteiger partial charge in [-0.05, 0) is 25.9 Å². The van der Waals surface area contributed by atoms with Crippen molar-refractivity contribution < 1.29 is 87.0 Å². The van der Waals surface area contributed by atoms with Crippen LogP contribution in [0.2, 0.25) is 0 Å². The van der Waals surface area contributed by atoms with Crippen LogP contribution in [0.3, 0.4) is 0 Å². The third-order valence-corrected chi connectivity index (χ3v) is 6.29. The Bertz CT molecular complexity index is 553. The van der Waals surface area contributed by atoms with E-state index >= 15 is 0 Å². The largest absolute Gasteiger partial charge is 1.00 e. The van der Waals surface area contributed by atoms with Crippen LogP contribution in [0.5, 0.6) is 0 Å². The maximum absolute atomic E-state index is 11.0. The van der Waals surface area contributed by atoms with Crippen LogP contribution in [0.1, 0.15) is 25.7 Å². The van der Waals surface area contributed by atoms with Gasteiger partial charge in [0.1, 0.15) is 26.5 Å². The molecule has 0 bridgehead atoms. The second kappa shape index (κ2) is 13.9. The van der Waals surface area contributed by atoms with Gasteiger partial charge in [-0.15, -0.1) is 0 Å². The molecule has 0 spiro atoms. The van der Waals surface area contributed by atoms with Crippen LogP contribution in [-0.4, -0.2) is 82.3 Å². The van der Waals surface area contributed by atoms with E-state index in [1.165, 1.54) is 0 Å². The summed E-state index contributed by atoms with van der Waals surface area (Å²) in [4.78, 5) is 75.3. The van der Waals surface area contributed by atoms with E-state index in [0.717, 1.165) is 9.80 Å². The zero-order valence-corrected chi connectivity index (χ0v) is 21.5. The number of nitrogens with zero attached hydrogens (tertiary/aromatic N) is 2. The van der Waals surface area contributed by atoms with Crippen molar-refractivity contribution >= 4 is 30.4 Å². The molecule has 0 aromatic carbocycles. The summed E-state index contributed by atoms with van der Waals surface area (Å²) < 4.78 is 44.0. The van der Waals surface area contributed by atoms with Crippen molar-refractivity contribution in [2.75, 3.05) is 38.2 Å². The Kier molecular flexibility index (Phi) is 15.7. The van der Waals surface area contributed by atoms with E-state index in [4.69, 9.17) is 34.3 Å². The molecular weight excluding hydrogens is 487 g/mol. The van der Waals surface area contributed by atoms with Gasteiger partial charge in [-0.1, -0.05) is 12.8 Å². The summed E-state index contributed by atoms with van der Waals surface area (Å²) in [7, 11) is -18.3. The van der Waals surface area contributed by atoms with E-state index in [2.05, 4.69) is 0 Å². The van der Waals surface area contributed by atoms with Crippen LogP contribution in [-0.2, 0) is 18.3 Å². The van der Waals surface area contributed by atoms with E-state index < -0.39 is 55.5 Å². The van der Waals surface area contributed by atoms with E-state index in [9.17, 15) is 23.2 Å². The molecule has 0 aromatic rings. The van der Waals surface area contributed by atoms with Gasteiger partial charge in [0.25, 0.3) is 0 Å². The maximum atomic E-state index is 11.0. The average Bonchev–Trinajstić information content (AvgIpc) is 2.34. The first-order valence-electron chi connectivity index (χ1n) is 7.98. The minimum absolute atomic E-state index is 0. The molecule has 19 heteroatoms. The second-order valence-corrected chi connectivity index (χ2v) is 12.8. The summed E-state index contributed by atoms with van der Waals surface area (Å²) in [6, 6.07) is 0. The third kappa shape index (κ3) is 24.0. The van der Waals surface area contributed by atoms with Gasteiger partial charge in [0.2, 0.25) is 0 Å². The molecule has 14 nitrogen and oxygen atoms in total. The predicted octanol–water partition coefficient (Wildman–Crippen LogP) is -3.94. The fourth-order valence-corrected chi connectivity index (χ4v) is 5.78. The van der Waals surface area contributed by atoms with E-state index in [-0.39, 0.29) is 42.6 Å². The van der Waals surface area contributed by atoms with Crippen LogP contribution in [0, 0.1) is 0 Å². The molecular formula is C10H27N2NaO12P4. The number of hydrogen-bond donors (Lipinski definition) is 7. The average molecular weight is 514 g/mol. The predicted molar refractivity (Wildman–Crippen MR) is 97.3 cm³/mol. The molecule has 29 heavy (non-hydrogen) atoms. The first-order valence-corrected chi connectivity index (χ1v) is 15.1. The van der Waals surface area contributed by atoms with Gasteiger partial charge in [0.05, 0.1) is 6.29 Å². The third-order valence-electron chi connectivity index (χ3n) is 3.23. The molecule has 1 atom stereocenters. The number of unbranched alkanes of at least 4 members (excludes halogenated alkanes) is 3. The van der Waals surface area contributed by atoms with E-state index in [0.29, 0.717) is 25.7 Å². The first kappa shape index (κ1) is 32.7. The molecule has 0 radical (unpaired) electrons. The molecule has 7 N–H and O–H groups in total. The van der Waals surface area contributed by atoms with Gasteiger partial charge in [0.15, 0.2) is 0 Å². The zero-order valence-electron chi connectivity index (χ0n) is 15.9. The van der Waals surface area contributed by atoms with Crippen LogP contribution < -0.4 is 34.5 Å². The Balaban J connectivity index is 0. The first-order chi connectivity index (χ1) is 12.4. The molecule has 0 aliphatic heterocycles. The normalized spacial score (nSPS) is 15.4. The summed E-state index contributed by atoms with van der Waals surface area (Å²) in [6.07, 6.45) is -1.79. The Morgan fingerprint density at radius 2 is 0.828 bits per heavy atom. The van der Waals surface area contributed by atoms with Crippen molar-refractivity contribution in [3.8, 4) is 0 Å². The monoisotopic (exact) mass is 514 g/mol. The van der Waals surface area contributed by atoms with Crippen molar-refractivity contribution in [2.45, 2.75) is 25.7 Å².